The minimum absolute atomic E-state index is 0.506. The summed E-state index contributed by atoms with van der Waals surface area (Å²) in [7, 11) is 0. The second-order valence-corrected chi connectivity index (χ2v) is 5.60. The molecule has 1 heterocycles. The summed E-state index contributed by atoms with van der Waals surface area (Å²) in [6, 6.07) is 13.4. The van der Waals surface area contributed by atoms with E-state index in [0.29, 0.717) is 15.6 Å². The summed E-state index contributed by atoms with van der Waals surface area (Å²) in [4.78, 5) is 4.71. The Hall–Kier alpha value is -1.81. The van der Waals surface area contributed by atoms with Crippen LogP contribution >= 0.6 is 23.2 Å². The molecule has 0 aliphatic heterocycles. The number of nitrogens with zero attached hydrogens (tertiary/aromatic N) is 1. The van der Waals surface area contributed by atoms with Gasteiger partial charge in [-0.05, 0) is 19.1 Å². The van der Waals surface area contributed by atoms with E-state index in [4.69, 9.17) is 34.0 Å². The van der Waals surface area contributed by atoms with Crippen molar-refractivity contribution in [2.45, 2.75) is 6.92 Å². The number of hydrogen-bond acceptors (Lipinski definition) is 3. The van der Waals surface area contributed by atoms with E-state index in [9.17, 15) is 0 Å². The molecule has 0 atom stereocenters. The summed E-state index contributed by atoms with van der Waals surface area (Å²) in [5.41, 5.74) is 7.02. The third-order valence-corrected chi connectivity index (χ3v) is 3.95. The van der Waals surface area contributed by atoms with Crippen LogP contribution in [0.25, 0.3) is 22.2 Å². The van der Waals surface area contributed by atoms with Gasteiger partial charge in [0, 0.05) is 21.5 Å². The molecule has 0 saturated heterocycles. The van der Waals surface area contributed by atoms with Crippen molar-refractivity contribution in [1.82, 2.24) is 4.98 Å². The van der Waals surface area contributed by atoms with Gasteiger partial charge in [0.25, 0.3) is 0 Å². The zero-order valence-electron chi connectivity index (χ0n) is 11.3. The maximum atomic E-state index is 6.29. The average Bonchev–Trinajstić information content (AvgIpc) is 2.47. The van der Waals surface area contributed by atoms with Crippen LogP contribution in [0.4, 0.5) is 5.69 Å². The third kappa shape index (κ3) is 2.44. The predicted molar refractivity (Wildman–Crippen MR) is 89.7 cm³/mol. The number of nitrogens with one attached hydrogen (secondary N) is 1. The van der Waals surface area contributed by atoms with Crippen LogP contribution in [0.15, 0.2) is 42.5 Å². The van der Waals surface area contributed by atoms with Crippen LogP contribution in [-0.2, 0) is 0 Å². The van der Waals surface area contributed by atoms with Crippen molar-refractivity contribution in [1.29, 1.82) is 0 Å². The minimum atomic E-state index is 0.506. The summed E-state index contributed by atoms with van der Waals surface area (Å²) in [5, 5.41) is 1.87. The van der Waals surface area contributed by atoms with Crippen molar-refractivity contribution in [2.24, 2.45) is 5.84 Å². The molecule has 0 amide bonds. The number of pyridine rings is 1. The van der Waals surface area contributed by atoms with Gasteiger partial charge in [0.1, 0.15) is 0 Å². The molecule has 0 saturated carbocycles. The number of fused-ring (bicyclic) bond motifs is 1. The van der Waals surface area contributed by atoms with Gasteiger partial charge in [0.15, 0.2) is 0 Å². The lowest BCUT2D eigenvalue weighted by Crippen LogP contribution is -2.10. The summed E-state index contributed by atoms with van der Waals surface area (Å²) < 4.78 is 0. The Morgan fingerprint density at radius 3 is 2.48 bits per heavy atom. The van der Waals surface area contributed by atoms with Crippen molar-refractivity contribution in [3.63, 3.8) is 0 Å². The van der Waals surface area contributed by atoms with Crippen LogP contribution < -0.4 is 11.3 Å². The summed E-state index contributed by atoms with van der Waals surface area (Å²) >= 11 is 12.4. The van der Waals surface area contributed by atoms with Crippen LogP contribution in [0, 0.1) is 6.92 Å². The zero-order valence-corrected chi connectivity index (χ0v) is 12.8. The van der Waals surface area contributed by atoms with Gasteiger partial charge in [-0.2, -0.15) is 0 Å². The summed E-state index contributed by atoms with van der Waals surface area (Å²) in [6.45, 7) is 1.97. The SMILES string of the molecule is Cc1c(-c2ccccc2)nc2c(Cl)cc(Cl)cc2c1NN. The fourth-order valence-electron chi connectivity index (χ4n) is 2.45. The summed E-state index contributed by atoms with van der Waals surface area (Å²) in [6.07, 6.45) is 0. The highest BCUT2D eigenvalue weighted by molar-refractivity contribution is 6.38. The molecule has 0 unspecified atom stereocenters. The molecule has 0 spiro atoms. The number of nitrogen functional groups attached to an aromatic ring is 1. The second kappa shape index (κ2) is 5.53. The van der Waals surface area contributed by atoms with Crippen LogP contribution in [0.5, 0.6) is 0 Å². The van der Waals surface area contributed by atoms with E-state index < -0.39 is 0 Å². The maximum absolute atomic E-state index is 6.29. The first-order chi connectivity index (χ1) is 10.1. The van der Waals surface area contributed by atoms with Crippen molar-refractivity contribution < 1.29 is 0 Å². The van der Waals surface area contributed by atoms with Gasteiger partial charge >= 0.3 is 0 Å². The number of hydrogen-bond donors (Lipinski definition) is 2. The van der Waals surface area contributed by atoms with Gasteiger partial charge < -0.3 is 5.43 Å². The van der Waals surface area contributed by atoms with Crippen LogP contribution in [-0.4, -0.2) is 4.98 Å². The second-order valence-electron chi connectivity index (χ2n) is 4.75. The van der Waals surface area contributed by atoms with E-state index in [2.05, 4.69) is 5.43 Å². The lowest BCUT2D eigenvalue weighted by atomic mass is 10.0. The van der Waals surface area contributed by atoms with Gasteiger partial charge in [0.2, 0.25) is 0 Å². The monoisotopic (exact) mass is 317 g/mol. The van der Waals surface area contributed by atoms with Crippen LogP contribution in [0.1, 0.15) is 5.56 Å². The Bertz CT molecular complexity index is 817. The molecular formula is C16H13Cl2N3. The lowest BCUT2D eigenvalue weighted by Gasteiger charge is -2.15. The fraction of sp³-hybridized carbons (Fsp3) is 0.0625. The first-order valence-electron chi connectivity index (χ1n) is 6.43. The Balaban J connectivity index is 2.41. The molecule has 1 aromatic heterocycles. The highest BCUT2D eigenvalue weighted by Gasteiger charge is 2.15. The van der Waals surface area contributed by atoms with E-state index in [1.807, 2.05) is 43.3 Å². The molecule has 21 heavy (non-hydrogen) atoms. The molecule has 0 bridgehead atoms. The van der Waals surface area contributed by atoms with Crippen molar-refractivity contribution in [3.05, 3.63) is 58.1 Å². The molecule has 0 aliphatic rings. The van der Waals surface area contributed by atoms with Gasteiger partial charge in [-0.1, -0.05) is 53.5 Å². The fourth-order valence-corrected chi connectivity index (χ4v) is 2.98. The van der Waals surface area contributed by atoms with Crippen LogP contribution in [0.3, 0.4) is 0 Å². The van der Waals surface area contributed by atoms with E-state index in [1.165, 1.54) is 0 Å². The Kier molecular flexibility index (Phi) is 3.72. The van der Waals surface area contributed by atoms with Gasteiger partial charge in [-0.25, -0.2) is 4.98 Å². The highest BCUT2D eigenvalue weighted by Crippen LogP contribution is 2.37. The maximum Gasteiger partial charge on any atom is 0.0918 e. The van der Waals surface area contributed by atoms with E-state index in [1.54, 1.807) is 6.07 Å². The number of aromatic nitrogens is 1. The summed E-state index contributed by atoms with van der Waals surface area (Å²) in [5.74, 6) is 5.70. The number of nitrogens with two attached hydrogens (primary N) is 1. The predicted octanol–water partition coefficient (Wildman–Crippen LogP) is 4.80. The first-order valence-corrected chi connectivity index (χ1v) is 7.19. The van der Waals surface area contributed by atoms with Gasteiger partial charge in [-0.3, -0.25) is 5.84 Å². The standard InChI is InChI=1S/C16H13Cl2N3/c1-9-14(10-5-3-2-4-6-10)20-16-12(15(9)21-19)7-11(17)8-13(16)18/h2-8H,19H2,1H3,(H,20,21). The van der Waals surface area contributed by atoms with Gasteiger partial charge in [-0.15, -0.1) is 0 Å². The highest BCUT2D eigenvalue weighted by atomic mass is 35.5. The van der Waals surface area contributed by atoms with Crippen molar-refractivity contribution in [3.8, 4) is 11.3 Å². The molecule has 3 nitrogen and oxygen atoms in total. The Labute approximate surface area is 132 Å². The quantitative estimate of drug-likeness (QED) is 0.527. The molecule has 3 rings (SSSR count). The van der Waals surface area contributed by atoms with E-state index >= 15 is 0 Å². The number of hydrazine groups is 1. The smallest absolute Gasteiger partial charge is 0.0918 e. The molecule has 106 valence electrons. The lowest BCUT2D eigenvalue weighted by molar-refractivity contribution is 1.28. The third-order valence-electron chi connectivity index (χ3n) is 3.44. The van der Waals surface area contributed by atoms with Crippen LogP contribution in [0.2, 0.25) is 10.0 Å². The van der Waals surface area contributed by atoms with E-state index in [0.717, 1.165) is 27.9 Å². The molecular weight excluding hydrogens is 305 g/mol. The molecule has 2 aromatic carbocycles. The Morgan fingerprint density at radius 2 is 1.81 bits per heavy atom. The molecule has 0 radical (unpaired) electrons. The number of rotatable bonds is 2. The number of anilines is 1. The number of halogens is 2. The molecule has 0 fully saturated rings. The first kappa shape index (κ1) is 14.1. The number of benzene rings is 2. The normalized spacial score (nSPS) is 10.9. The van der Waals surface area contributed by atoms with Gasteiger partial charge in [0.05, 0.1) is 21.9 Å². The Morgan fingerprint density at radius 1 is 1.10 bits per heavy atom. The largest absolute Gasteiger partial charge is 0.323 e. The molecule has 3 N–H and O–H groups in total. The van der Waals surface area contributed by atoms with E-state index in [-0.39, 0.29) is 0 Å². The van der Waals surface area contributed by atoms with Crippen molar-refractivity contribution in [2.75, 3.05) is 5.43 Å². The minimum Gasteiger partial charge on any atom is -0.323 e. The average molecular weight is 318 g/mol. The topological polar surface area (TPSA) is 50.9 Å². The van der Waals surface area contributed by atoms with Crippen molar-refractivity contribution >= 4 is 39.8 Å². The molecule has 5 heteroatoms. The zero-order chi connectivity index (χ0) is 15.0. The molecule has 0 aliphatic carbocycles. The molecule has 3 aromatic rings.